The lowest BCUT2D eigenvalue weighted by Gasteiger charge is -2.31. The molecular weight excluding hydrogens is 340 g/mol. The molecule has 1 saturated heterocycles. The number of imidazole rings is 1. The Morgan fingerprint density at radius 1 is 1.19 bits per heavy atom. The molecule has 0 aliphatic carbocycles. The van der Waals surface area contributed by atoms with E-state index in [2.05, 4.69) is 57.7 Å². The first-order valence-corrected chi connectivity index (χ1v) is 9.82. The molecule has 1 aromatic carbocycles. The molecule has 0 unspecified atom stereocenters. The highest BCUT2D eigenvalue weighted by Gasteiger charge is 2.23. The van der Waals surface area contributed by atoms with Crippen molar-refractivity contribution in [3.63, 3.8) is 0 Å². The number of aryl methyl sites for hydroxylation is 1. The third-order valence-electron chi connectivity index (χ3n) is 5.72. The molecule has 0 atom stereocenters. The van der Waals surface area contributed by atoms with Crippen molar-refractivity contribution in [2.24, 2.45) is 7.05 Å². The van der Waals surface area contributed by atoms with Crippen molar-refractivity contribution < 1.29 is 9.47 Å². The van der Waals surface area contributed by atoms with Gasteiger partial charge in [-0.15, -0.1) is 0 Å². The quantitative estimate of drug-likeness (QED) is 0.712. The Hall–Kier alpha value is -2.31. The summed E-state index contributed by atoms with van der Waals surface area (Å²) in [6.45, 7) is 5.37. The van der Waals surface area contributed by atoms with Gasteiger partial charge in [-0.3, -0.25) is 4.90 Å². The number of ether oxygens (including phenoxy) is 2. The van der Waals surface area contributed by atoms with Crippen LogP contribution in [0, 0.1) is 0 Å². The predicted octanol–water partition coefficient (Wildman–Crippen LogP) is 2.95. The van der Waals surface area contributed by atoms with Gasteiger partial charge in [-0.05, 0) is 31.0 Å². The Morgan fingerprint density at radius 3 is 2.93 bits per heavy atom. The monoisotopic (exact) mass is 366 g/mol. The van der Waals surface area contributed by atoms with E-state index in [-0.39, 0.29) is 6.10 Å². The van der Waals surface area contributed by atoms with Crippen LogP contribution < -0.4 is 4.74 Å². The number of fused-ring (bicyclic) bond motifs is 2. The van der Waals surface area contributed by atoms with Gasteiger partial charge in [-0.2, -0.15) is 0 Å². The van der Waals surface area contributed by atoms with Crippen LogP contribution in [0.5, 0.6) is 5.75 Å². The minimum Gasteiger partial charge on any atom is -0.490 e. The van der Waals surface area contributed by atoms with Crippen LogP contribution in [0.1, 0.15) is 24.4 Å². The Labute approximate surface area is 159 Å². The van der Waals surface area contributed by atoms with Crippen LogP contribution in [0.25, 0.3) is 10.9 Å². The van der Waals surface area contributed by atoms with Crippen molar-refractivity contribution in [2.75, 3.05) is 19.7 Å². The highest BCUT2D eigenvalue weighted by atomic mass is 16.5. The van der Waals surface area contributed by atoms with E-state index in [1.54, 1.807) is 0 Å². The van der Waals surface area contributed by atoms with Gasteiger partial charge in [0.05, 0.1) is 17.8 Å². The second kappa shape index (κ2) is 7.02. The summed E-state index contributed by atoms with van der Waals surface area (Å²) in [5, 5.41) is 1.20. The molecule has 0 amide bonds. The summed E-state index contributed by atoms with van der Waals surface area (Å²) in [5.41, 5.74) is 2.38. The molecule has 1 fully saturated rings. The van der Waals surface area contributed by atoms with E-state index in [1.165, 1.54) is 10.9 Å². The Kier molecular flexibility index (Phi) is 4.38. The number of nitrogens with zero attached hydrogens (tertiary/aromatic N) is 4. The fourth-order valence-corrected chi connectivity index (χ4v) is 4.20. The van der Waals surface area contributed by atoms with Crippen molar-refractivity contribution in [3.05, 3.63) is 48.2 Å². The van der Waals surface area contributed by atoms with Crippen LogP contribution in [0.15, 0.2) is 36.7 Å². The molecule has 0 bridgehead atoms. The van der Waals surface area contributed by atoms with Crippen molar-refractivity contribution in [1.82, 2.24) is 19.0 Å². The van der Waals surface area contributed by atoms with Crippen molar-refractivity contribution in [1.29, 1.82) is 0 Å². The molecule has 2 aliphatic heterocycles. The van der Waals surface area contributed by atoms with E-state index in [1.807, 2.05) is 0 Å². The molecule has 142 valence electrons. The highest BCUT2D eigenvalue weighted by molar-refractivity contribution is 5.86. The molecular formula is C21H26N4O2. The summed E-state index contributed by atoms with van der Waals surface area (Å²) in [7, 11) is 2.07. The van der Waals surface area contributed by atoms with E-state index in [9.17, 15) is 0 Å². The Bertz CT molecular complexity index is 913. The fourth-order valence-electron chi connectivity index (χ4n) is 4.20. The predicted molar refractivity (Wildman–Crippen MR) is 104 cm³/mol. The first-order valence-electron chi connectivity index (χ1n) is 9.82. The molecule has 5 rings (SSSR count). The number of hydrogen-bond donors (Lipinski definition) is 0. The summed E-state index contributed by atoms with van der Waals surface area (Å²) < 4.78 is 16.2. The summed E-state index contributed by atoms with van der Waals surface area (Å²) in [6.07, 6.45) is 6.68. The minimum absolute atomic E-state index is 0.288. The summed E-state index contributed by atoms with van der Waals surface area (Å²) >= 11 is 0. The maximum absolute atomic E-state index is 6.37. The Morgan fingerprint density at radius 2 is 2.07 bits per heavy atom. The van der Waals surface area contributed by atoms with Crippen LogP contribution in [0.3, 0.4) is 0 Å². The van der Waals surface area contributed by atoms with E-state index < -0.39 is 0 Å². The van der Waals surface area contributed by atoms with Crippen LogP contribution in [0.4, 0.5) is 0 Å². The summed E-state index contributed by atoms with van der Waals surface area (Å²) in [6, 6.07) is 8.45. The molecule has 2 aliphatic rings. The van der Waals surface area contributed by atoms with Gasteiger partial charge in [-0.1, -0.05) is 6.07 Å². The van der Waals surface area contributed by atoms with E-state index in [0.717, 1.165) is 62.9 Å². The van der Waals surface area contributed by atoms with Crippen molar-refractivity contribution in [3.8, 4) is 5.75 Å². The van der Waals surface area contributed by atoms with Crippen LogP contribution in [-0.4, -0.2) is 44.8 Å². The van der Waals surface area contributed by atoms with Crippen LogP contribution >= 0.6 is 0 Å². The smallest absolute Gasteiger partial charge is 0.135 e. The number of benzene rings is 1. The molecule has 6 heteroatoms. The van der Waals surface area contributed by atoms with Gasteiger partial charge < -0.3 is 18.6 Å². The lowest BCUT2D eigenvalue weighted by Crippen LogP contribution is -2.37. The van der Waals surface area contributed by atoms with Gasteiger partial charge in [0.15, 0.2) is 0 Å². The molecule has 4 heterocycles. The molecule has 2 aromatic heterocycles. The van der Waals surface area contributed by atoms with Crippen molar-refractivity contribution >= 4 is 10.9 Å². The zero-order valence-corrected chi connectivity index (χ0v) is 15.8. The highest BCUT2D eigenvalue weighted by Crippen LogP contribution is 2.29. The average Bonchev–Trinajstić information content (AvgIpc) is 3.27. The zero-order chi connectivity index (χ0) is 18.2. The van der Waals surface area contributed by atoms with Gasteiger partial charge in [-0.25, -0.2) is 4.98 Å². The largest absolute Gasteiger partial charge is 0.490 e. The van der Waals surface area contributed by atoms with Crippen LogP contribution in [0.2, 0.25) is 0 Å². The molecule has 0 N–H and O–H groups in total. The SMILES string of the molecule is Cn1ccc2c(OC3CCN(Cc4cn5c(n4)COCC5)CC3)cccc21. The van der Waals surface area contributed by atoms with Crippen LogP contribution in [-0.2, 0) is 31.5 Å². The van der Waals surface area contributed by atoms with Gasteiger partial charge in [0.2, 0.25) is 0 Å². The molecule has 3 aromatic rings. The second-order valence-electron chi connectivity index (χ2n) is 7.60. The summed E-state index contributed by atoms with van der Waals surface area (Å²) in [4.78, 5) is 7.22. The molecule has 0 spiro atoms. The second-order valence-corrected chi connectivity index (χ2v) is 7.60. The van der Waals surface area contributed by atoms with Gasteiger partial charge in [0, 0.05) is 51.0 Å². The maximum Gasteiger partial charge on any atom is 0.135 e. The van der Waals surface area contributed by atoms with Gasteiger partial charge in [0.25, 0.3) is 0 Å². The first kappa shape index (κ1) is 16.8. The Balaban J connectivity index is 1.19. The topological polar surface area (TPSA) is 44.5 Å². The lowest BCUT2D eigenvalue weighted by molar-refractivity contribution is 0.0815. The number of likely N-dealkylation sites (tertiary alicyclic amines) is 1. The number of aromatic nitrogens is 3. The molecule has 0 radical (unpaired) electrons. The molecule has 0 saturated carbocycles. The molecule has 27 heavy (non-hydrogen) atoms. The molecule has 6 nitrogen and oxygen atoms in total. The average molecular weight is 366 g/mol. The number of piperidine rings is 1. The fraction of sp³-hybridized carbons (Fsp3) is 0.476. The van der Waals surface area contributed by atoms with E-state index >= 15 is 0 Å². The van der Waals surface area contributed by atoms with Crippen molar-refractivity contribution in [2.45, 2.75) is 38.6 Å². The zero-order valence-electron chi connectivity index (χ0n) is 15.8. The third kappa shape index (κ3) is 3.35. The lowest BCUT2D eigenvalue weighted by atomic mass is 10.1. The minimum atomic E-state index is 0.288. The maximum atomic E-state index is 6.37. The van der Waals surface area contributed by atoms with Gasteiger partial charge in [0.1, 0.15) is 24.3 Å². The van der Waals surface area contributed by atoms with E-state index in [0.29, 0.717) is 6.61 Å². The summed E-state index contributed by atoms with van der Waals surface area (Å²) in [5.74, 6) is 2.07. The normalized spacial score (nSPS) is 18.7. The standard InChI is InChI=1S/C21H26N4O2/c1-23-8-7-18-19(23)3-2-4-20(18)27-17-5-9-24(10-6-17)13-16-14-25-11-12-26-15-21(25)22-16/h2-4,7-8,14,17H,5-6,9-13,15H2,1H3. The van der Waals surface area contributed by atoms with Gasteiger partial charge >= 0.3 is 0 Å². The number of rotatable bonds is 4. The number of hydrogen-bond acceptors (Lipinski definition) is 4. The third-order valence-corrected chi connectivity index (χ3v) is 5.72. The first-order chi connectivity index (χ1) is 13.3. The van der Waals surface area contributed by atoms with E-state index in [4.69, 9.17) is 14.5 Å².